The van der Waals surface area contributed by atoms with Crippen molar-refractivity contribution in [3.05, 3.63) is 0 Å². The Kier molecular flexibility index (Phi) is 4.84. The average Bonchev–Trinajstić information content (AvgIpc) is 2.68. The van der Waals surface area contributed by atoms with Crippen molar-refractivity contribution in [3.8, 4) is 0 Å². The maximum Gasteiger partial charge on any atom is 0.405 e. The number of carbonyl (C=O) groups excluding carboxylic acids is 1. The van der Waals surface area contributed by atoms with Crippen LogP contribution in [0.15, 0.2) is 0 Å². The lowest BCUT2D eigenvalue weighted by Gasteiger charge is -2.23. The zero-order valence-electron chi connectivity index (χ0n) is 10.9. The Morgan fingerprint density at radius 1 is 1.39 bits per heavy atom. The molecule has 7 heteroatoms. The van der Waals surface area contributed by atoms with Crippen LogP contribution in [-0.4, -0.2) is 61.8 Å². The SMILES string of the molecule is CCC1CN(C(=O)NCC(F)(F)F)CC1N(C)C. The summed E-state index contributed by atoms with van der Waals surface area (Å²) in [5.74, 6) is 0.316. The second-order valence-corrected chi connectivity index (χ2v) is 4.88. The number of likely N-dealkylation sites (tertiary alicyclic amines) is 1. The Labute approximate surface area is 105 Å². The molecule has 1 fully saturated rings. The van der Waals surface area contributed by atoms with Crippen LogP contribution in [-0.2, 0) is 0 Å². The molecule has 1 saturated heterocycles. The summed E-state index contributed by atoms with van der Waals surface area (Å²) in [7, 11) is 3.84. The second-order valence-electron chi connectivity index (χ2n) is 4.88. The minimum absolute atomic E-state index is 0.214. The fraction of sp³-hybridized carbons (Fsp3) is 0.909. The molecule has 106 valence electrons. The van der Waals surface area contributed by atoms with Gasteiger partial charge in [-0.15, -0.1) is 0 Å². The van der Waals surface area contributed by atoms with Gasteiger partial charge in [0.1, 0.15) is 6.54 Å². The molecule has 1 heterocycles. The van der Waals surface area contributed by atoms with Gasteiger partial charge in [0.15, 0.2) is 0 Å². The zero-order chi connectivity index (χ0) is 13.9. The summed E-state index contributed by atoms with van der Waals surface area (Å²) in [6.45, 7) is 1.75. The van der Waals surface area contributed by atoms with Gasteiger partial charge in [0.25, 0.3) is 0 Å². The number of nitrogens with zero attached hydrogens (tertiary/aromatic N) is 2. The van der Waals surface area contributed by atoms with Gasteiger partial charge in [0, 0.05) is 19.1 Å². The molecule has 0 aromatic heterocycles. The highest BCUT2D eigenvalue weighted by molar-refractivity contribution is 5.74. The molecule has 1 aliphatic rings. The number of hydrogen-bond acceptors (Lipinski definition) is 2. The Morgan fingerprint density at radius 2 is 2.00 bits per heavy atom. The highest BCUT2D eigenvalue weighted by atomic mass is 19.4. The van der Waals surface area contributed by atoms with Crippen molar-refractivity contribution in [1.29, 1.82) is 0 Å². The van der Waals surface area contributed by atoms with Crippen LogP contribution >= 0.6 is 0 Å². The summed E-state index contributed by atoms with van der Waals surface area (Å²) in [4.78, 5) is 15.1. The minimum Gasteiger partial charge on any atom is -0.329 e. The topological polar surface area (TPSA) is 35.6 Å². The normalized spacial score (nSPS) is 24.7. The predicted molar refractivity (Wildman–Crippen MR) is 62.3 cm³/mol. The van der Waals surface area contributed by atoms with E-state index in [1.54, 1.807) is 0 Å². The molecule has 0 aromatic rings. The van der Waals surface area contributed by atoms with Crippen LogP contribution < -0.4 is 5.32 Å². The van der Waals surface area contributed by atoms with Gasteiger partial charge in [-0.3, -0.25) is 0 Å². The third-order valence-electron chi connectivity index (χ3n) is 3.32. The molecule has 1 aliphatic heterocycles. The molecule has 0 aromatic carbocycles. The van der Waals surface area contributed by atoms with Crippen LogP contribution in [0.25, 0.3) is 0 Å². The van der Waals surface area contributed by atoms with Gasteiger partial charge in [-0.1, -0.05) is 13.3 Å². The number of hydrogen-bond donors (Lipinski definition) is 1. The molecule has 1 rings (SSSR count). The van der Waals surface area contributed by atoms with Crippen LogP contribution in [0.3, 0.4) is 0 Å². The molecule has 1 N–H and O–H groups in total. The molecule has 0 saturated carbocycles. The summed E-state index contributed by atoms with van der Waals surface area (Å²) in [5.41, 5.74) is 0. The number of likely N-dealkylation sites (N-methyl/N-ethyl adjacent to an activating group) is 1. The highest BCUT2D eigenvalue weighted by Gasteiger charge is 2.36. The second kappa shape index (κ2) is 5.77. The fourth-order valence-electron chi connectivity index (χ4n) is 2.29. The van der Waals surface area contributed by atoms with Crippen LogP contribution in [0.5, 0.6) is 0 Å². The predicted octanol–water partition coefficient (Wildman–Crippen LogP) is 1.53. The molecule has 0 radical (unpaired) electrons. The summed E-state index contributed by atoms with van der Waals surface area (Å²) < 4.78 is 36.0. The summed E-state index contributed by atoms with van der Waals surface area (Å²) >= 11 is 0. The van der Waals surface area contributed by atoms with Crippen LogP contribution in [0.4, 0.5) is 18.0 Å². The maximum atomic E-state index is 12.0. The molecular formula is C11H20F3N3O. The van der Waals surface area contributed by atoms with E-state index >= 15 is 0 Å². The van der Waals surface area contributed by atoms with Gasteiger partial charge >= 0.3 is 12.2 Å². The Balaban J connectivity index is 2.51. The fourth-order valence-corrected chi connectivity index (χ4v) is 2.29. The van der Waals surface area contributed by atoms with E-state index < -0.39 is 18.8 Å². The molecular weight excluding hydrogens is 247 g/mol. The van der Waals surface area contributed by atoms with E-state index in [0.29, 0.717) is 19.0 Å². The summed E-state index contributed by atoms with van der Waals surface area (Å²) in [6, 6.07) is -0.415. The molecule has 18 heavy (non-hydrogen) atoms. The van der Waals surface area contributed by atoms with E-state index in [9.17, 15) is 18.0 Å². The Hall–Kier alpha value is -0.980. The maximum absolute atomic E-state index is 12.0. The minimum atomic E-state index is -4.36. The van der Waals surface area contributed by atoms with E-state index in [4.69, 9.17) is 0 Å². The van der Waals surface area contributed by atoms with Gasteiger partial charge in [-0.25, -0.2) is 4.79 Å². The van der Waals surface area contributed by atoms with Gasteiger partial charge in [0.05, 0.1) is 0 Å². The third-order valence-corrected chi connectivity index (χ3v) is 3.32. The average molecular weight is 267 g/mol. The number of alkyl halides is 3. The smallest absolute Gasteiger partial charge is 0.329 e. The van der Waals surface area contributed by atoms with Crippen molar-refractivity contribution in [2.24, 2.45) is 5.92 Å². The highest BCUT2D eigenvalue weighted by Crippen LogP contribution is 2.23. The van der Waals surface area contributed by atoms with Crippen LogP contribution in [0, 0.1) is 5.92 Å². The van der Waals surface area contributed by atoms with E-state index in [0.717, 1.165) is 6.42 Å². The lowest BCUT2D eigenvalue weighted by atomic mass is 10.0. The van der Waals surface area contributed by atoms with E-state index in [1.165, 1.54) is 4.90 Å². The first-order valence-electron chi connectivity index (χ1n) is 6.00. The molecule has 0 bridgehead atoms. The number of amides is 2. The van der Waals surface area contributed by atoms with Gasteiger partial charge in [0.2, 0.25) is 0 Å². The van der Waals surface area contributed by atoms with Crippen molar-refractivity contribution in [1.82, 2.24) is 15.1 Å². The van der Waals surface area contributed by atoms with Crippen LogP contribution in [0.1, 0.15) is 13.3 Å². The largest absolute Gasteiger partial charge is 0.405 e. The number of urea groups is 1. The Bertz CT molecular complexity index is 294. The number of halogens is 3. The van der Waals surface area contributed by atoms with Gasteiger partial charge in [-0.2, -0.15) is 13.2 Å². The first-order chi connectivity index (χ1) is 8.24. The van der Waals surface area contributed by atoms with E-state index in [-0.39, 0.29) is 6.04 Å². The van der Waals surface area contributed by atoms with Crippen molar-refractivity contribution in [3.63, 3.8) is 0 Å². The van der Waals surface area contributed by atoms with Crippen LogP contribution in [0.2, 0.25) is 0 Å². The van der Waals surface area contributed by atoms with E-state index in [2.05, 4.69) is 0 Å². The molecule has 2 atom stereocenters. The lowest BCUT2D eigenvalue weighted by molar-refractivity contribution is -0.123. The first-order valence-corrected chi connectivity index (χ1v) is 6.00. The molecule has 0 spiro atoms. The van der Waals surface area contributed by atoms with E-state index in [1.807, 2.05) is 31.2 Å². The quantitative estimate of drug-likeness (QED) is 0.841. The first kappa shape index (κ1) is 15.1. The molecule has 4 nitrogen and oxygen atoms in total. The summed E-state index contributed by atoms with van der Waals surface area (Å²) in [5, 5.41) is 1.91. The van der Waals surface area contributed by atoms with Crippen molar-refractivity contribution in [2.45, 2.75) is 25.6 Å². The number of rotatable bonds is 3. The van der Waals surface area contributed by atoms with Crippen molar-refractivity contribution < 1.29 is 18.0 Å². The van der Waals surface area contributed by atoms with Crippen molar-refractivity contribution in [2.75, 3.05) is 33.7 Å². The number of nitrogens with one attached hydrogen (secondary N) is 1. The lowest BCUT2D eigenvalue weighted by Crippen LogP contribution is -2.43. The zero-order valence-corrected chi connectivity index (χ0v) is 10.9. The molecule has 0 aliphatic carbocycles. The van der Waals surface area contributed by atoms with Gasteiger partial charge < -0.3 is 15.1 Å². The molecule has 2 unspecified atom stereocenters. The van der Waals surface area contributed by atoms with Crippen molar-refractivity contribution >= 4 is 6.03 Å². The standard InChI is InChI=1S/C11H20F3N3O/c1-4-8-5-17(6-9(8)16(2)3)10(18)15-7-11(12,13)14/h8-9H,4-7H2,1-3H3,(H,15,18). The Morgan fingerprint density at radius 3 is 2.39 bits per heavy atom. The van der Waals surface area contributed by atoms with Gasteiger partial charge in [-0.05, 0) is 20.0 Å². The number of carbonyl (C=O) groups is 1. The molecule has 2 amide bonds. The summed E-state index contributed by atoms with van der Waals surface area (Å²) in [6.07, 6.45) is -3.45. The monoisotopic (exact) mass is 267 g/mol. The third kappa shape index (κ3) is 4.04.